The predicted octanol–water partition coefficient (Wildman–Crippen LogP) is 1.80. The Balaban J connectivity index is 2.55. The van der Waals surface area contributed by atoms with Gasteiger partial charge in [0.1, 0.15) is 0 Å². The summed E-state index contributed by atoms with van der Waals surface area (Å²) >= 11 is 0. The highest BCUT2D eigenvalue weighted by atomic mass is 32.2. The second kappa shape index (κ2) is 5.48. The van der Waals surface area contributed by atoms with Gasteiger partial charge in [0.15, 0.2) is 0 Å². The highest BCUT2D eigenvalue weighted by Gasteiger charge is 2.16. The zero-order valence-electron chi connectivity index (χ0n) is 10.8. The molecule has 0 spiro atoms. The van der Waals surface area contributed by atoms with Gasteiger partial charge in [-0.05, 0) is 22.9 Å². The monoisotopic (exact) mass is 294 g/mol. The van der Waals surface area contributed by atoms with Crippen LogP contribution < -0.4 is 9.44 Å². The fourth-order valence-corrected chi connectivity index (χ4v) is 2.78. The van der Waals surface area contributed by atoms with Gasteiger partial charge in [-0.2, -0.15) is 13.1 Å². The minimum atomic E-state index is -3.77. The van der Waals surface area contributed by atoms with Crippen LogP contribution in [0.4, 0.5) is 5.69 Å². The van der Waals surface area contributed by atoms with Crippen LogP contribution in [0.25, 0.3) is 10.8 Å². The molecule has 0 bridgehead atoms. The Bertz CT molecular complexity index is 756. The maximum atomic E-state index is 11.7. The molecule has 0 aliphatic heterocycles. The van der Waals surface area contributed by atoms with E-state index in [1.54, 1.807) is 31.2 Å². The SMILES string of the molecule is CCNS(=O)(=O)Nc1cc2ccccc2cc1C(=O)O. The summed E-state index contributed by atoms with van der Waals surface area (Å²) in [5, 5.41) is 10.7. The molecule has 7 heteroatoms. The summed E-state index contributed by atoms with van der Waals surface area (Å²) in [5.74, 6) is -1.19. The molecule has 0 fully saturated rings. The first-order valence-corrected chi connectivity index (χ1v) is 7.45. The number of rotatable bonds is 5. The molecule has 0 saturated carbocycles. The standard InChI is InChI=1S/C13H14N2O4S/c1-2-14-20(18,19)15-12-8-10-6-4-3-5-9(10)7-11(12)13(16)17/h3-8,14-15H,2H2,1H3,(H,16,17). The lowest BCUT2D eigenvalue weighted by molar-refractivity contribution is 0.0698. The van der Waals surface area contributed by atoms with Gasteiger partial charge in [-0.1, -0.05) is 31.2 Å². The van der Waals surface area contributed by atoms with E-state index in [0.717, 1.165) is 10.8 Å². The molecule has 0 radical (unpaired) electrons. The third-order valence-corrected chi connectivity index (χ3v) is 3.85. The molecule has 0 aliphatic rings. The molecule has 0 atom stereocenters. The maximum Gasteiger partial charge on any atom is 0.337 e. The van der Waals surface area contributed by atoms with Crippen molar-refractivity contribution in [3.63, 3.8) is 0 Å². The smallest absolute Gasteiger partial charge is 0.337 e. The Morgan fingerprint density at radius 3 is 2.35 bits per heavy atom. The molecular weight excluding hydrogens is 280 g/mol. The van der Waals surface area contributed by atoms with Gasteiger partial charge in [0.05, 0.1) is 11.3 Å². The Morgan fingerprint density at radius 1 is 1.20 bits per heavy atom. The predicted molar refractivity (Wildman–Crippen MR) is 77.1 cm³/mol. The number of benzene rings is 2. The molecule has 0 amide bonds. The number of nitrogens with one attached hydrogen (secondary N) is 2. The first kappa shape index (κ1) is 14.3. The molecule has 106 valence electrons. The number of carboxylic acids is 1. The van der Waals surface area contributed by atoms with Crippen molar-refractivity contribution in [2.75, 3.05) is 11.3 Å². The first-order valence-electron chi connectivity index (χ1n) is 5.96. The lowest BCUT2D eigenvalue weighted by atomic mass is 10.1. The summed E-state index contributed by atoms with van der Waals surface area (Å²) in [4.78, 5) is 11.3. The summed E-state index contributed by atoms with van der Waals surface area (Å²) in [6.07, 6.45) is 0. The van der Waals surface area contributed by atoms with Crippen molar-refractivity contribution < 1.29 is 18.3 Å². The van der Waals surface area contributed by atoms with Crippen LogP contribution in [0, 0.1) is 0 Å². The van der Waals surface area contributed by atoms with Crippen LogP contribution in [0.2, 0.25) is 0 Å². The van der Waals surface area contributed by atoms with Gasteiger partial charge < -0.3 is 5.11 Å². The summed E-state index contributed by atoms with van der Waals surface area (Å²) in [5.41, 5.74) is -0.0534. The second-order valence-corrected chi connectivity index (χ2v) is 5.65. The van der Waals surface area contributed by atoms with Crippen LogP contribution in [-0.2, 0) is 10.2 Å². The van der Waals surface area contributed by atoms with Gasteiger partial charge in [-0.15, -0.1) is 0 Å². The highest BCUT2D eigenvalue weighted by molar-refractivity contribution is 7.90. The molecule has 2 rings (SSSR count). The van der Waals surface area contributed by atoms with Gasteiger partial charge in [0.25, 0.3) is 10.2 Å². The van der Waals surface area contributed by atoms with Crippen molar-refractivity contribution in [2.45, 2.75) is 6.92 Å². The molecule has 0 unspecified atom stereocenters. The molecule has 6 nitrogen and oxygen atoms in total. The van der Waals surface area contributed by atoms with Gasteiger partial charge in [-0.3, -0.25) is 4.72 Å². The Hall–Kier alpha value is -2.12. The van der Waals surface area contributed by atoms with E-state index < -0.39 is 16.2 Å². The average Bonchev–Trinajstić information content (AvgIpc) is 2.37. The minimum absolute atomic E-state index is 0.0390. The zero-order chi connectivity index (χ0) is 14.8. The number of hydrogen-bond donors (Lipinski definition) is 3. The fraction of sp³-hybridized carbons (Fsp3) is 0.154. The normalized spacial score (nSPS) is 11.4. The van der Waals surface area contributed by atoms with Crippen LogP contribution in [0.1, 0.15) is 17.3 Å². The lowest BCUT2D eigenvalue weighted by Gasteiger charge is -2.12. The lowest BCUT2D eigenvalue weighted by Crippen LogP contribution is -2.30. The summed E-state index contributed by atoms with van der Waals surface area (Å²) in [6.45, 7) is 1.85. The molecule has 0 aliphatic carbocycles. The van der Waals surface area contributed by atoms with E-state index in [9.17, 15) is 18.3 Å². The molecule has 3 N–H and O–H groups in total. The Kier molecular flexibility index (Phi) is 3.91. The molecule has 0 aromatic heterocycles. The van der Waals surface area contributed by atoms with Crippen molar-refractivity contribution in [1.82, 2.24) is 4.72 Å². The van der Waals surface area contributed by atoms with Crippen molar-refractivity contribution in [2.24, 2.45) is 0 Å². The Morgan fingerprint density at radius 2 is 1.80 bits per heavy atom. The average molecular weight is 294 g/mol. The van der Waals surface area contributed by atoms with E-state index in [1.807, 2.05) is 0 Å². The van der Waals surface area contributed by atoms with Gasteiger partial charge >= 0.3 is 5.97 Å². The summed E-state index contributed by atoms with van der Waals surface area (Å²) in [7, 11) is -3.77. The molecule has 0 heterocycles. The van der Waals surface area contributed by atoms with Crippen LogP contribution in [0.3, 0.4) is 0 Å². The third kappa shape index (κ3) is 3.06. The topological polar surface area (TPSA) is 95.5 Å². The van der Waals surface area contributed by atoms with E-state index in [1.165, 1.54) is 12.1 Å². The highest BCUT2D eigenvalue weighted by Crippen LogP contribution is 2.24. The van der Waals surface area contributed by atoms with Gasteiger partial charge in [0.2, 0.25) is 0 Å². The third-order valence-electron chi connectivity index (χ3n) is 2.69. The molecule has 2 aromatic carbocycles. The minimum Gasteiger partial charge on any atom is -0.478 e. The van der Waals surface area contributed by atoms with E-state index in [-0.39, 0.29) is 17.8 Å². The number of hydrogen-bond acceptors (Lipinski definition) is 3. The van der Waals surface area contributed by atoms with Crippen LogP contribution in [0.5, 0.6) is 0 Å². The van der Waals surface area contributed by atoms with Crippen molar-refractivity contribution in [3.05, 3.63) is 42.0 Å². The number of aromatic carboxylic acids is 1. The van der Waals surface area contributed by atoms with Crippen molar-refractivity contribution in [1.29, 1.82) is 0 Å². The number of carboxylic acid groups (broad SMARTS) is 1. The van der Waals surface area contributed by atoms with Crippen LogP contribution in [0.15, 0.2) is 36.4 Å². The van der Waals surface area contributed by atoms with E-state index >= 15 is 0 Å². The number of anilines is 1. The maximum absolute atomic E-state index is 11.7. The van der Waals surface area contributed by atoms with Crippen LogP contribution >= 0.6 is 0 Å². The summed E-state index contributed by atoms with van der Waals surface area (Å²) < 4.78 is 27.9. The Labute approximate surface area is 116 Å². The van der Waals surface area contributed by atoms with E-state index in [0.29, 0.717) is 0 Å². The molecule has 2 aromatic rings. The second-order valence-electron chi connectivity index (χ2n) is 4.15. The fourth-order valence-electron chi connectivity index (χ4n) is 1.87. The van der Waals surface area contributed by atoms with E-state index in [2.05, 4.69) is 9.44 Å². The van der Waals surface area contributed by atoms with Crippen LogP contribution in [-0.4, -0.2) is 26.0 Å². The van der Waals surface area contributed by atoms with Gasteiger partial charge in [-0.25, -0.2) is 4.79 Å². The first-order chi connectivity index (χ1) is 9.43. The largest absolute Gasteiger partial charge is 0.478 e. The molecule has 20 heavy (non-hydrogen) atoms. The zero-order valence-corrected chi connectivity index (χ0v) is 11.6. The quantitative estimate of drug-likeness (QED) is 0.783. The van der Waals surface area contributed by atoms with Gasteiger partial charge in [0, 0.05) is 6.54 Å². The van der Waals surface area contributed by atoms with E-state index in [4.69, 9.17) is 0 Å². The molecule has 0 saturated heterocycles. The van der Waals surface area contributed by atoms with Crippen molar-refractivity contribution >= 4 is 32.6 Å². The number of carbonyl (C=O) groups is 1. The van der Waals surface area contributed by atoms with Crippen molar-refractivity contribution in [3.8, 4) is 0 Å². The number of fused-ring (bicyclic) bond motifs is 1. The summed E-state index contributed by atoms with van der Waals surface area (Å²) in [6, 6.07) is 10.1. The molecular formula is C13H14N2O4S.